The zero-order chi connectivity index (χ0) is 14.4. The van der Waals surface area contributed by atoms with Crippen LogP contribution in [0.2, 0.25) is 0 Å². The molecule has 1 aliphatic heterocycles. The fraction of sp³-hybridized carbons (Fsp3) is 0.571. The van der Waals surface area contributed by atoms with Crippen LogP contribution in [0.4, 0.5) is 4.39 Å². The van der Waals surface area contributed by atoms with Crippen molar-refractivity contribution in [3.63, 3.8) is 0 Å². The van der Waals surface area contributed by atoms with Crippen LogP contribution in [0, 0.1) is 5.82 Å². The number of hydrogen-bond acceptors (Lipinski definition) is 4. The molecule has 2 rings (SSSR count). The SMILES string of the molecule is NCCCOC1CCN(C(=O)c2ccc(F)cn2)CC1. The Bertz CT molecular complexity index is 431. The van der Waals surface area contributed by atoms with Crippen LogP contribution >= 0.6 is 0 Å². The molecule has 1 fully saturated rings. The van der Waals surface area contributed by atoms with Crippen LogP contribution in [-0.4, -0.2) is 48.1 Å². The number of ether oxygens (including phenoxy) is 1. The van der Waals surface area contributed by atoms with Crippen molar-refractivity contribution in [2.45, 2.75) is 25.4 Å². The lowest BCUT2D eigenvalue weighted by atomic mass is 10.1. The number of nitrogens with zero attached hydrogens (tertiary/aromatic N) is 2. The first kappa shape index (κ1) is 14.9. The number of carbonyl (C=O) groups excluding carboxylic acids is 1. The van der Waals surface area contributed by atoms with E-state index < -0.39 is 5.82 Å². The van der Waals surface area contributed by atoms with Crippen LogP contribution in [-0.2, 0) is 4.74 Å². The van der Waals surface area contributed by atoms with E-state index in [2.05, 4.69) is 4.98 Å². The van der Waals surface area contributed by atoms with E-state index >= 15 is 0 Å². The van der Waals surface area contributed by atoms with Crippen molar-refractivity contribution in [1.82, 2.24) is 9.88 Å². The van der Waals surface area contributed by atoms with E-state index in [1.807, 2.05) is 0 Å². The number of piperidine rings is 1. The van der Waals surface area contributed by atoms with E-state index in [1.165, 1.54) is 12.1 Å². The van der Waals surface area contributed by atoms with Gasteiger partial charge in [0.2, 0.25) is 0 Å². The van der Waals surface area contributed by atoms with Crippen LogP contribution in [0.1, 0.15) is 29.8 Å². The van der Waals surface area contributed by atoms with Crippen molar-refractivity contribution in [3.05, 3.63) is 29.8 Å². The summed E-state index contributed by atoms with van der Waals surface area (Å²) in [5, 5.41) is 0. The average Bonchev–Trinajstić information content (AvgIpc) is 2.48. The smallest absolute Gasteiger partial charge is 0.272 e. The molecule has 110 valence electrons. The van der Waals surface area contributed by atoms with Crippen LogP contribution in [0.5, 0.6) is 0 Å². The summed E-state index contributed by atoms with van der Waals surface area (Å²) in [4.78, 5) is 17.7. The number of rotatable bonds is 5. The van der Waals surface area contributed by atoms with Gasteiger partial charge in [-0.15, -0.1) is 0 Å². The Kier molecular flexibility index (Phi) is 5.43. The Morgan fingerprint density at radius 2 is 2.20 bits per heavy atom. The Balaban J connectivity index is 1.81. The van der Waals surface area contributed by atoms with Gasteiger partial charge in [0.1, 0.15) is 11.5 Å². The minimum atomic E-state index is -0.437. The predicted molar refractivity (Wildman–Crippen MR) is 72.7 cm³/mol. The summed E-state index contributed by atoms with van der Waals surface area (Å²) in [6, 6.07) is 2.67. The third kappa shape index (κ3) is 3.98. The molecule has 0 spiro atoms. The first-order chi connectivity index (χ1) is 9.70. The molecule has 0 aromatic carbocycles. The molecule has 1 aromatic rings. The summed E-state index contributed by atoms with van der Waals surface area (Å²) >= 11 is 0. The third-order valence-corrected chi connectivity index (χ3v) is 3.38. The Hall–Kier alpha value is -1.53. The van der Waals surface area contributed by atoms with Gasteiger partial charge in [0.15, 0.2) is 0 Å². The van der Waals surface area contributed by atoms with Gasteiger partial charge in [-0.3, -0.25) is 4.79 Å². The van der Waals surface area contributed by atoms with Gasteiger partial charge in [-0.25, -0.2) is 9.37 Å². The largest absolute Gasteiger partial charge is 0.378 e. The second-order valence-electron chi connectivity index (χ2n) is 4.87. The third-order valence-electron chi connectivity index (χ3n) is 3.38. The molecular formula is C14H20FN3O2. The highest BCUT2D eigenvalue weighted by molar-refractivity contribution is 5.92. The maximum absolute atomic E-state index is 12.8. The summed E-state index contributed by atoms with van der Waals surface area (Å²) in [5.41, 5.74) is 5.70. The number of carbonyl (C=O) groups is 1. The van der Waals surface area contributed by atoms with Gasteiger partial charge in [-0.05, 0) is 37.9 Å². The van der Waals surface area contributed by atoms with E-state index in [0.29, 0.717) is 26.2 Å². The van der Waals surface area contributed by atoms with Crippen molar-refractivity contribution >= 4 is 5.91 Å². The fourth-order valence-electron chi connectivity index (χ4n) is 2.22. The average molecular weight is 281 g/mol. The van der Waals surface area contributed by atoms with Crippen molar-refractivity contribution in [2.75, 3.05) is 26.2 Å². The standard InChI is InChI=1S/C14H20FN3O2/c15-11-2-3-13(17-10-11)14(19)18-7-4-12(5-8-18)20-9-1-6-16/h2-3,10,12H,1,4-9,16H2. The fourth-order valence-corrected chi connectivity index (χ4v) is 2.22. The minimum Gasteiger partial charge on any atom is -0.378 e. The maximum Gasteiger partial charge on any atom is 0.272 e. The van der Waals surface area contributed by atoms with E-state index in [1.54, 1.807) is 4.90 Å². The lowest BCUT2D eigenvalue weighted by Crippen LogP contribution is -2.41. The summed E-state index contributed by atoms with van der Waals surface area (Å²) in [5.74, 6) is -0.584. The Labute approximate surface area is 117 Å². The summed E-state index contributed by atoms with van der Waals surface area (Å²) < 4.78 is 18.5. The van der Waals surface area contributed by atoms with Crippen molar-refractivity contribution in [2.24, 2.45) is 5.73 Å². The molecule has 2 heterocycles. The number of pyridine rings is 1. The zero-order valence-corrected chi connectivity index (χ0v) is 11.4. The number of amides is 1. The number of likely N-dealkylation sites (tertiary alicyclic amines) is 1. The van der Waals surface area contributed by atoms with Crippen molar-refractivity contribution < 1.29 is 13.9 Å². The van der Waals surface area contributed by atoms with Crippen LogP contribution < -0.4 is 5.73 Å². The Morgan fingerprint density at radius 1 is 1.45 bits per heavy atom. The first-order valence-corrected chi connectivity index (χ1v) is 6.93. The molecule has 0 unspecified atom stereocenters. The van der Waals surface area contributed by atoms with E-state index in [4.69, 9.17) is 10.5 Å². The number of aromatic nitrogens is 1. The molecule has 0 atom stereocenters. The van der Waals surface area contributed by atoms with Gasteiger partial charge in [-0.2, -0.15) is 0 Å². The zero-order valence-electron chi connectivity index (χ0n) is 11.4. The molecule has 1 aromatic heterocycles. The molecule has 0 saturated carbocycles. The highest BCUT2D eigenvalue weighted by atomic mass is 19.1. The summed E-state index contributed by atoms with van der Waals surface area (Å²) in [6.45, 7) is 2.60. The number of halogens is 1. The van der Waals surface area contributed by atoms with E-state index in [-0.39, 0.29) is 17.7 Å². The molecule has 5 nitrogen and oxygen atoms in total. The molecule has 0 aliphatic carbocycles. The lowest BCUT2D eigenvalue weighted by Gasteiger charge is -2.31. The van der Waals surface area contributed by atoms with Crippen molar-refractivity contribution in [3.8, 4) is 0 Å². The molecule has 20 heavy (non-hydrogen) atoms. The quantitative estimate of drug-likeness (QED) is 0.823. The van der Waals surface area contributed by atoms with Crippen LogP contribution in [0.3, 0.4) is 0 Å². The lowest BCUT2D eigenvalue weighted by molar-refractivity contribution is 0.00829. The first-order valence-electron chi connectivity index (χ1n) is 6.93. The second-order valence-corrected chi connectivity index (χ2v) is 4.87. The van der Waals surface area contributed by atoms with Crippen molar-refractivity contribution in [1.29, 1.82) is 0 Å². The van der Waals surface area contributed by atoms with Gasteiger partial charge >= 0.3 is 0 Å². The second kappa shape index (κ2) is 7.31. The highest BCUT2D eigenvalue weighted by Crippen LogP contribution is 2.16. The van der Waals surface area contributed by atoms with Gasteiger partial charge in [0.05, 0.1) is 12.3 Å². The molecular weight excluding hydrogens is 261 g/mol. The van der Waals surface area contributed by atoms with Gasteiger partial charge < -0.3 is 15.4 Å². The van der Waals surface area contributed by atoms with Crippen LogP contribution in [0.15, 0.2) is 18.3 Å². The van der Waals surface area contributed by atoms with E-state index in [9.17, 15) is 9.18 Å². The van der Waals surface area contributed by atoms with Gasteiger partial charge in [0, 0.05) is 19.7 Å². The molecule has 1 amide bonds. The Morgan fingerprint density at radius 3 is 2.80 bits per heavy atom. The molecule has 0 radical (unpaired) electrons. The van der Waals surface area contributed by atoms with Crippen LogP contribution in [0.25, 0.3) is 0 Å². The molecule has 2 N–H and O–H groups in total. The number of nitrogens with two attached hydrogens (primary N) is 1. The topological polar surface area (TPSA) is 68.5 Å². The maximum atomic E-state index is 12.8. The highest BCUT2D eigenvalue weighted by Gasteiger charge is 2.24. The molecule has 6 heteroatoms. The van der Waals surface area contributed by atoms with Gasteiger partial charge in [-0.1, -0.05) is 0 Å². The van der Waals surface area contributed by atoms with Gasteiger partial charge in [0.25, 0.3) is 5.91 Å². The molecule has 1 aliphatic rings. The summed E-state index contributed by atoms with van der Waals surface area (Å²) in [7, 11) is 0. The number of hydrogen-bond donors (Lipinski definition) is 1. The normalized spacial score (nSPS) is 16.4. The summed E-state index contributed by atoms with van der Waals surface area (Å²) in [6.07, 6.45) is 3.76. The molecule has 0 bridgehead atoms. The predicted octanol–water partition coefficient (Wildman–Crippen LogP) is 1.19. The molecule has 1 saturated heterocycles. The minimum absolute atomic E-state index is 0.148. The van der Waals surface area contributed by atoms with E-state index in [0.717, 1.165) is 25.5 Å². The monoisotopic (exact) mass is 281 g/mol.